The zero-order chi connectivity index (χ0) is 27.8. The largest absolute Gasteiger partial charge is 0.481 e. The van der Waals surface area contributed by atoms with Gasteiger partial charge in [0.2, 0.25) is 0 Å². The van der Waals surface area contributed by atoms with Crippen LogP contribution in [0, 0.1) is 50.7 Å². The second kappa shape index (κ2) is 7.39. The molecule has 5 rings (SSSR count). The van der Waals surface area contributed by atoms with Crippen molar-refractivity contribution in [2.75, 3.05) is 0 Å². The highest BCUT2D eigenvalue weighted by molar-refractivity contribution is 5.79. The Morgan fingerprint density at radius 3 is 2.11 bits per heavy atom. The minimum Gasteiger partial charge on any atom is -0.481 e. The van der Waals surface area contributed by atoms with Gasteiger partial charge in [-0.05, 0) is 80.5 Å². The van der Waals surface area contributed by atoms with Crippen molar-refractivity contribution in [1.82, 2.24) is 0 Å². The summed E-state index contributed by atoms with van der Waals surface area (Å²) in [4.78, 5) is 25.2. The molecule has 0 aromatic rings. The zero-order valence-electron chi connectivity index (χ0n) is 23.5. The summed E-state index contributed by atoms with van der Waals surface area (Å²) in [7, 11) is 0. The number of aliphatic hydroxyl groups excluding tert-OH is 1. The molecule has 0 aliphatic heterocycles. The number of aliphatic carboxylic acids is 2. The maximum absolute atomic E-state index is 12.9. The Morgan fingerprint density at radius 1 is 0.919 bits per heavy atom. The maximum Gasteiger partial charge on any atom is 0.336 e. The van der Waals surface area contributed by atoms with Gasteiger partial charge in [0.05, 0.1) is 17.1 Å². The van der Waals surface area contributed by atoms with Crippen LogP contribution >= 0.6 is 0 Å². The molecule has 7 heteroatoms. The molecule has 4 fully saturated rings. The van der Waals surface area contributed by atoms with Crippen LogP contribution in [0.5, 0.6) is 0 Å². The molecule has 5 aliphatic carbocycles. The van der Waals surface area contributed by atoms with Crippen LogP contribution in [0.4, 0.5) is 0 Å². The van der Waals surface area contributed by atoms with Crippen LogP contribution in [0.15, 0.2) is 11.6 Å². The van der Waals surface area contributed by atoms with Crippen LogP contribution in [0.25, 0.3) is 0 Å². The zero-order valence-corrected chi connectivity index (χ0v) is 23.5. The van der Waals surface area contributed by atoms with E-state index in [1.807, 2.05) is 20.8 Å². The fourth-order valence-corrected chi connectivity index (χ4v) is 11.2. The topological polar surface area (TPSA) is 135 Å². The van der Waals surface area contributed by atoms with E-state index in [4.69, 9.17) is 0 Å². The van der Waals surface area contributed by atoms with Crippen LogP contribution in [-0.4, -0.2) is 54.8 Å². The standard InChI is InChI=1S/C30H46O7/c1-16-10-13-29(22(32)33)14-20(31)27(6)17(21(29)28(16,7)36)8-9-19-25(4)15-30(37,23(34)35)24(2,3)18(25)11-12-26(19,27)5/h8,16,18-21,31,36-37H,9-15H2,1-7H3,(H,32,33)(H,34,35). The quantitative estimate of drug-likeness (QED) is 0.345. The van der Waals surface area contributed by atoms with Crippen molar-refractivity contribution in [2.45, 2.75) is 111 Å². The Labute approximate surface area is 220 Å². The molecule has 0 spiro atoms. The van der Waals surface area contributed by atoms with Crippen LogP contribution in [-0.2, 0) is 9.59 Å². The van der Waals surface area contributed by atoms with Crippen molar-refractivity contribution >= 4 is 11.9 Å². The average molecular weight is 519 g/mol. The average Bonchev–Trinajstić information content (AvgIpc) is 2.94. The minimum absolute atomic E-state index is 0.00177. The Hall–Kier alpha value is -1.44. The third-order valence-electron chi connectivity index (χ3n) is 13.7. The Balaban J connectivity index is 1.69. The fraction of sp³-hybridized carbons (Fsp3) is 0.867. The van der Waals surface area contributed by atoms with Gasteiger partial charge in [-0.2, -0.15) is 0 Å². The number of fused-ring (bicyclic) bond motifs is 7. The first-order chi connectivity index (χ1) is 16.8. The summed E-state index contributed by atoms with van der Waals surface area (Å²) in [6.07, 6.45) is 4.54. The summed E-state index contributed by atoms with van der Waals surface area (Å²) in [6.45, 7) is 13.9. The lowest BCUT2D eigenvalue weighted by molar-refractivity contribution is -0.223. The molecule has 0 bridgehead atoms. The van der Waals surface area contributed by atoms with E-state index in [0.29, 0.717) is 19.3 Å². The van der Waals surface area contributed by atoms with Gasteiger partial charge in [0.25, 0.3) is 0 Å². The van der Waals surface area contributed by atoms with Gasteiger partial charge in [-0.15, -0.1) is 0 Å². The van der Waals surface area contributed by atoms with E-state index in [-0.39, 0.29) is 30.6 Å². The molecule has 0 saturated heterocycles. The molecule has 5 N–H and O–H groups in total. The number of allylic oxidation sites excluding steroid dienone is 1. The molecule has 7 nitrogen and oxygen atoms in total. The highest BCUT2D eigenvalue weighted by Gasteiger charge is 2.77. The number of carboxylic acids is 2. The smallest absolute Gasteiger partial charge is 0.336 e. The van der Waals surface area contributed by atoms with E-state index in [2.05, 4.69) is 26.8 Å². The van der Waals surface area contributed by atoms with Gasteiger partial charge < -0.3 is 25.5 Å². The van der Waals surface area contributed by atoms with E-state index < -0.39 is 62.2 Å². The number of rotatable bonds is 2. The molecule has 4 saturated carbocycles. The summed E-state index contributed by atoms with van der Waals surface area (Å²) >= 11 is 0. The first-order valence-electron chi connectivity index (χ1n) is 14.1. The van der Waals surface area contributed by atoms with Crippen molar-refractivity contribution < 1.29 is 35.1 Å². The highest BCUT2D eigenvalue weighted by atomic mass is 16.4. The first-order valence-corrected chi connectivity index (χ1v) is 14.1. The first kappa shape index (κ1) is 27.1. The summed E-state index contributed by atoms with van der Waals surface area (Å²) in [5.74, 6) is -2.81. The van der Waals surface area contributed by atoms with Gasteiger partial charge >= 0.3 is 11.9 Å². The Morgan fingerprint density at radius 2 is 1.54 bits per heavy atom. The Kier molecular flexibility index (Phi) is 5.42. The summed E-state index contributed by atoms with van der Waals surface area (Å²) in [5.41, 5.74) is -5.93. The van der Waals surface area contributed by atoms with Crippen molar-refractivity contribution in [3.05, 3.63) is 11.6 Å². The fourth-order valence-electron chi connectivity index (χ4n) is 11.2. The number of hydrogen-bond donors (Lipinski definition) is 5. The molecular formula is C30H46O7. The van der Waals surface area contributed by atoms with Crippen LogP contribution < -0.4 is 0 Å². The van der Waals surface area contributed by atoms with Crippen molar-refractivity contribution in [3.63, 3.8) is 0 Å². The number of hydrogen-bond acceptors (Lipinski definition) is 5. The molecule has 208 valence electrons. The molecular weight excluding hydrogens is 472 g/mol. The molecule has 0 amide bonds. The normalized spacial score (nSPS) is 56.3. The third-order valence-corrected chi connectivity index (χ3v) is 13.7. The number of carbonyl (C=O) groups is 2. The summed E-state index contributed by atoms with van der Waals surface area (Å²) in [6, 6.07) is 0. The van der Waals surface area contributed by atoms with E-state index >= 15 is 0 Å². The lowest BCUT2D eigenvalue weighted by atomic mass is 9.34. The lowest BCUT2D eigenvalue weighted by Crippen LogP contribution is -2.70. The van der Waals surface area contributed by atoms with E-state index in [1.54, 1.807) is 6.92 Å². The highest BCUT2D eigenvalue weighted by Crippen LogP contribution is 2.77. The SMILES string of the molecule is CC1CCC2(C(=O)O)CC(O)C3(C)C(=CCC4C5(C)CC(O)(C(=O)O)C(C)(C)C5CCC43C)C2C1(C)O. The van der Waals surface area contributed by atoms with E-state index in [1.165, 1.54) is 0 Å². The van der Waals surface area contributed by atoms with Crippen LogP contribution in [0.2, 0.25) is 0 Å². The van der Waals surface area contributed by atoms with E-state index in [9.17, 15) is 35.1 Å². The number of aliphatic hydroxyl groups is 3. The van der Waals surface area contributed by atoms with Crippen molar-refractivity contribution in [2.24, 2.45) is 50.7 Å². The molecule has 37 heavy (non-hydrogen) atoms. The molecule has 0 aromatic carbocycles. The van der Waals surface area contributed by atoms with Gasteiger partial charge in [-0.25, -0.2) is 4.79 Å². The molecule has 11 atom stereocenters. The molecule has 0 heterocycles. The predicted molar refractivity (Wildman–Crippen MR) is 137 cm³/mol. The Bertz CT molecular complexity index is 1080. The van der Waals surface area contributed by atoms with Crippen LogP contribution in [0.3, 0.4) is 0 Å². The lowest BCUT2D eigenvalue weighted by Gasteiger charge is -2.70. The van der Waals surface area contributed by atoms with Crippen molar-refractivity contribution in [1.29, 1.82) is 0 Å². The molecule has 11 unspecified atom stereocenters. The van der Waals surface area contributed by atoms with Crippen molar-refractivity contribution in [3.8, 4) is 0 Å². The second-order valence-electron chi connectivity index (χ2n) is 15.0. The van der Waals surface area contributed by atoms with Gasteiger partial charge in [0.15, 0.2) is 5.60 Å². The minimum atomic E-state index is -1.84. The molecule has 0 radical (unpaired) electrons. The van der Waals surface area contributed by atoms with Gasteiger partial charge in [-0.3, -0.25) is 4.79 Å². The van der Waals surface area contributed by atoms with Crippen LogP contribution in [0.1, 0.15) is 93.4 Å². The number of carboxylic acid groups (broad SMARTS) is 2. The molecule has 0 aromatic heterocycles. The van der Waals surface area contributed by atoms with E-state index in [0.717, 1.165) is 18.4 Å². The maximum atomic E-state index is 12.9. The molecule has 5 aliphatic rings. The van der Waals surface area contributed by atoms with Gasteiger partial charge in [0, 0.05) is 16.7 Å². The second-order valence-corrected chi connectivity index (χ2v) is 15.0. The van der Waals surface area contributed by atoms with Gasteiger partial charge in [0.1, 0.15) is 0 Å². The van der Waals surface area contributed by atoms with Gasteiger partial charge in [-0.1, -0.05) is 53.2 Å². The third kappa shape index (κ3) is 2.79. The predicted octanol–water partition coefficient (Wildman–Crippen LogP) is 4.24. The monoisotopic (exact) mass is 518 g/mol. The summed E-state index contributed by atoms with van der Waals surface area (Å²) in [5, 5.41) is 56.0. The summed E-state index contributed by atoms with van der Waals surface area (Å²) < 4.78 is 0.